The van der Waals surface area contributed by atoms with Gasteiger partial charge in [-0.25, -0.2) is 0 Å². The van der Waals surface area contributed by atoms with Gasteiger partial charge in [-0.3, -0.25) is 0 Å². The molecular weight excluding hydrogens is 153 g/mol. The van der Waals surface area contributed by atoms with Crippen LogP contribution in [0.5, 0.6) is 0 Å². The monoisotopic (exact) mass is 168 g/mol. The molecule has 1 aromatic carbocycles. The molecule has 1 aromatic rings. The fourth-order valence-corrected chi connectivity index (χ4v) is 1.88. The van der Waals surface area contributed by atoms with Gasteiger partial charge in [0.15, 0.2) is 0 Å². The standard InChI is InChI=1S/C11H15N.Li/c1-10-6-2-3-7-11(10)12-8-4-5-9-12;/h2-3,6-7H,4-5,8-9H2,1H3;. The number of hydrogen-bond acceptors (Lipinski definition) is 1. The first-order valence-corrected chi connectivity index (χ1v) is 4.68. The van der Waals surface area contributed by atoms with E-state index in [9.17, 15) is 0 Å². The predicted octanol–water partition coefficient (Wildman–Crippen LogP) is 2.21. The van der Waals surface area contributed by atoms with Crippen molar-refractivity contribution >= 4 is 24.5 Å². The van der Waals surface area contributed by atoms with Crippen molar-refractivity contribution in [1.29, 1.82) is 0 Å². The van der Waals surface area contributed by atoms with Crippen molar-refractivity contribution in [3.63, 3.8) is 0 Å². The molecule has 1 nitrogen and oxygen atoms in total. The Hall–Kier alpha value is -0.383. The molecule has 0 amide bonds. The molecule has 1 fully saturated rings. The number of nitrogens with zero attached hydrogens (tertiary/aromatic N) is 1. The fraction of sp³-hybridized carbons (Fsp3) is 0.455. The second-order valence-corrected chi connectivity index (χ2v) is 3.48. The minimum atomic E-state index is 0. The normalized spacial score (nSPS) is 15.6. The number of aryl methyl sites for hydroxylation is 1. The largest absolute Gasteiger partial charge is 0.371 e. The summed E-state index contributed by atoms with van der Waals surface area (Å²) in [7, 11) is 0. The van der Waals surface area contributed by atoms with Crippen molar-refractivity contribution in [3.05, 3.63) is 29.8 Å². The van der Waals surface area contributed by atoms with Crippen LogP contribution in [-0.2, 0) is 0 Å². The summed E-state index contributed by atoms with van der Waals surface area (Å²) >= 11 is 0. The van der Waals surface area contributed by atoms with Crippen LogP contribution in [0.3, 0.4) is 0 Å². The SMILES string of the molecule is Cc1ccccc1N1CCCC1.[Li]. The van der Waals surface area contributed by atoms with Gasteiger partial charge < -0.3 is 4.90 Å². The maximum absolute atomic E-state index is 2.48. The van der Waals surface area contributed by atoms with Crippen LogP contribution in [-0.4, -0.2) is 32.0 Å². The van der Waals surface area contributed by atoms with Crippen molar-refractivity contribution in [3.8, 4) is 0 Å². The van der Waals surface area contributed by atoms with Crippen LogP contribution in [0, 0.1) is 6.92 Å². The summed E-state index contributed by atoms with van der Waals surface area (Å²) in [5.41, 5.74) is 2.83. The van der Waals surface area contributed by atoms with Gasteiger partial charge in [-0.05, 0) is 31.4 Å². The Bertz CT molecular complexity index is 267. The average molecular weight is 168 g/mol. The summed E-state index contributed by atoms with van der Waals surface area (Å²) in [6.07, 6.45) is 2.71. The van der Waals surface area contributed by atoms with Gasteiger partial charge in [0.25, 0.3) is 0 Å². The Morgan fingerprint density at radius 2 is 1.69 bits per heavy atom. The Morgan fingerprint density at radius 3 is 2.31 bits per heavy atom. The van der Waals surface area contributed by atoms with Crippen molar-refractivity contribution in [2.75, 3.05) is 18.0 Å². The minimum absolute atomic E-state index is 0. The number of rotatable bonds is 1. The number of anilines is 1. The van der Waals surface area contributed by atoms with Crippen molar-refractivity contribution in [2.24, 2.45) is 0 Å². The summed E-state index contributed by atoms with van der Waals surface area (Å²) in [6, 6.07) is 8.64. The van der Waals surface area contributed by atoms with Crippen LogP contribution < -0.4 is 4.90 Å². The van der Waals surface area contributed by atoms with Crippen molar-refractivity contribution in [1.82, 2.24) is 0 Å². The molecule has 1 radical (unpaired) electrons. The third kappa shape index (κ3) is 2.30. The second kappa shape index (κ2) is 4.74. The molecule has 0 unspecified atom stereocenters. The molecule has 0 aromatic heterocycles. The van der Waals surface area contributed by atoms with Gasteiger partial charge in [0.1, 0.15) is 0 Å². The van der Waals surface area contributed by atoms with Crippen LogP contribution >= 0.6 is 0 Å². The van der Waals surface area contributed by atoms with Crippen LogP contribution in [0.15, 0.2) is 24.3 Å². The van der Waals surface area contributed by atoms with E-state index < -0.39 is 0 Å². The molecule has 1 saturated heterocycles. The third-order valence-corrected chi connectivity index (χ3v) is 2.56. The predicted molar refractivity (Wildman–Crippen MR) is 58.4 cm³/mol. The van der Waals surface area contributed by atoms with Gasteiger partial charge in [0.05, 0.1) is 0 Å². The molecule has 1 heterocycles. The number of hydrogen-bond donors (Lipinski definition) is 0. The quantitative estimate of drug-likeness (QED) is 0.581. The molecule has 13 heavy (non-hydrogen) atoms. The zero-order chi connectivity index (χ0) is 8.39. The van der Waals surface area contributed by atoms with Gasteiger partial charge in [-0.1, -0.05) is 18.2 Å². The van der Waals surface area contributed by atoms with Crippen LogP contribution in [0.2, 0.25) is 0 Å². The first-order valence-electron chi connectivity index (χ1n) is 4.68. The Balaban J connectivity index is 0.000000845. The molecule has 0 aliphatic carbocycles. The molecular formula is C11H15LiN. The van der Waals surface area contributed by atoms with Crippen LogP contribution in [0.4, 0.5) is 5.69 Å². The molecule has 0 atom stereocenters. The zero-order valence-corrected chi connectivity index (χ0v) is 8.59. The molecule has 65 valence electrons. The van der Waals surface area contributed by atoms with E-state index in [2.05, 4.69) is 36.1 Å². The molecule has 0 spiro atoms. The number of benzene rings is 1. The summed E-state index contributed by atoms with van der Waals surface area (Å²) in [4.78, 5) is 2.48. The van der Waals surface area contributed by atoms with Gasteiger partial charge in [-0.15, -0.1) is 0 Å². The first kappa shape index (κ1) is 10.7. The molecule has 0 saturated carbocycles. The van der Waals surface area contributed by atoms with Crippen LogP contribution in [0.1, 0.15) is 18.4 Å². The van der Waals surface area contributed by atoms with Gasteiger partial charge >= 0.3 is 0 Å². The first-order chi connectivity index (χ1) is 5.88. The van der Waals surface area contributed by atoms with E-state index in [0.717, 1.165) is 0 Å². The molecule has 0 bridgehead atoms. The summed E-state index contributed by atoms with van der Waals surface area (Å²) in [5.74, 6) is 0. The van der Waals surface area contributed by atoms with E-state index in [1.54, 1.807) is 0 Å². The van der Waals surface area contributed by atoms with Gasteiger partial charge in [0, 0.05) is 37.6 Å². The van der Waals surface area contributed by atoms with E-state index in [4.69, 9.17) is 0 Å². The topological polar surface area (TPSA) is 3.24 Å². The Morgan fingerprint density at radius 1 is 1.08 bits per heavy atom. The maximum atomic E-state index is 2.48. The molecule has 0 N–H and O–H groups in total. The van der Waals surface area contributed by atoms with Crippen LogP contribution in [0.25, 0.3) is 0 Å². The van der Waals surface area contributed by atoms with E-state index >= 15 is 0 Å². The van der Waals surface area contributed by atoms with E-state index in [1.807, 2.05) is 0 Å². The molecule has 2 heteroatoms. The Labute approximate surface area is 92.3 Å². The third-order valence-electron chi connectivity index (χ3n) is 2.56. The minimum Gasteiger partial charge on any atom is -0.371 e. The molecule has 1 aliphatic rings. The van der Waals surface area contributed by atoms with E-state index in [-0.39, 0.29) is 18.9 Å². The number of para-hydroxylation sites is 1. The Kier molecular flexibility index (Phi) is 3.90. The second-order valence-electron chi connectivity index (χ2n) is 3.48. The van der Waals surface area contributed by atoms with Crippen molar-refractivity contribution < 1.29 is 0 Å². The van der Waals surface area contributed by atoms with Gasteiger partial charge in [0.2, 0.25) is 0 Å². The van der Waals surface area contributed by atoms with Crippen molar-refractivity contribution in [2.45, 2.75) is 19.8 Å². The van der Waals surface area contributed by atoms with E-state index in [1.165, 1.54) is 37.2 Å². The average Bonchev–Trinajstić information content (AvgIpc) is 2.57. The maximum Gasteiger partial charge on any atom is 0.0395 e. The smallest absolute Gasteiger partial charge is 0.0395 e. The van der Waals surface area contributed by atoms with E-state index in [0.29, 0.717) is 0 Å². The molecule has 1 aliphatic heterocycles. The zero-order valence-electron chi connectivity index (χ0n) is 8.59. The summed E-state index contributed by atoms with van der Waals surface area (Å²) in [5, 5.41) is 0. The summed E-state index contributed by atoms with van der Waals surface area (Å²) in [6.45, 7) is 4.67. The summed E-state index contributed by atoms with van der Waals surface area (Å²) < 4.78 is 0. The van der Waals surface area contributed by atoms with Gasteiger partial charge in [-0.2, -0.15) is 0 Å². The molecule has 2 rings (SSSR count). The fourth-order valence-electron chi connectivity index (χ4n) is 1.88.